The molecular formula is C31H35NO5. The van der Waals surface area contributed by atoms with Crippen molar-refractivity contribution in [1.29, 1.82) is 0 Å². The van der Waals surface area contributed by atoms with Gasteiger partial charge in [-0.05, 0) is 108 Å². The molecule has 4 rings (SSSR count). The van der Waals surface area contributed by atoms with Gasteiger partial charge in [-0.1, -0.05) is 12.1 Å². The van der Waals surface area contributed by atoms with Gasteiger partial charge in [0, 0.05) is 19.2 Å². The molecule has 37 heavy (non-hydrogen) atoms. The Morgan fingerprint density at radius 1 is 0.838 bits per heavy atom. The molecule has 0 saturated carbocycles. The number of phenolic OH excluding ortho intramolecular Hbond substituents is 1. The average molecular weight is 502 g/mol. The fraction of sp³-hybridized carbons (Fsp3) is 0.258. The highest BCUT2D eigenvalue weighted by Gasteiger charge is 2.24. The first kappa shape index (κ1) is 27.4. The van der Waals surface area contributed by atoms with Crippen molar-refractivity contribution in [3.8, 4) is 23.0 Å². The minimum atomic E-state index is -0.0346. The van der Waals surface area contributed by atoms with Crippen LogP contribution in [0.25, 0.3) is 17.2 Å². The lowest BCUT2D eigenvalue weighted by atomic mass is 10.00. The number of aryl methyl sites for hydroxylation is 2. The summed E-state index contributed by atoms with van der Waals surface area (Å²) in [6, 6.07) is 15.7. The minimum absolute atomic E-state index is 0.0346. The number of aromatic hydroxyl groups is 1. The van der Waals surface area contributed by atoms with E-state index in [1.807, 2.05) is 38.2 Å². The van der Waals surface area contributed by atoms with E-state index in [0.29, 0.717) is 17.9 Å². The zero-order valence-corrected chi connectivity index (χ0v) is 22.6. The number of allylic oxidation sites excluding steroid dienone is 3. The Morgan fingerprint density at radius 3 is 2.05 bits per heavy atom. The van der Waals surface area contributed by atoms with Crippen LogP contribution in [0.15, 0.2) is 54.1 Å². The van der Waals surface area contributed by atoms with Crippen LogP contribution in [0.5, 0.6) is 23.0 Å². The van der Waals surface area contributed by atoms with Crippen molar-refractivity contribution >= 4 is 29.2 Å². The number of carbonyl (C=O) groups is 1. The van der Waals surface area contributed by atoms with Crippen LogP contribution in [0.1, 0.15) is 41.2 Å². The second-order valence-corrected chi connectivity index (χ2v) is 8.77. The normalized spacial score (nSPS) is 13.0. The van der Waals surface area contributed by atoms with Gasteiger partial charge in [0.25, 0.3) is 0 Å². The largest absolute Gasteiger partial charge is 0.502 e. The van der Waals surface area contributed by atoms with E-state index in [1.165, 1.54) is 31.0 Å². The summed E-state index contributed by atoms with van der Waals surface area (Å²) < 4.78 is 15.8. The molecule has 6 nitrogen and oxygen atoms in total. The van der Waals surface area contributed by atoms with Gasteiger partial charge in [-0.25, -0.2) is 0 Å². The molecule has 0 bridgehead atoms. The number of anilines is 1. The summed E-state index contributed by atoms with van der Waals surface area (Å²) in [6.07, 6.45) is 3.26. The summed E-state index contributed by atoms with van der Waals surface area (Å²) in [4.78, 5) is 11.2. The Bertz CT molecular complexity index is 1330. The van der Waals surface area contributed by atoms with Crippen LogP contribution in [-0.4, -0.2) is 39.8 Å². The van der Waals surface area contributed by atoms with Gasteiger partial charge in [-0.2, -0.15) is 0 Å². The smallest absolute Gasteiger partial charge is 0.200 e. The van der Waals surface area contributed by atoms with Crippen LogP contribution in [0, 0.1) is 13.8 Å². The number of fused-ring (bicyclic) bond motifs is 1. The zero-order valence-electron chi connectivity index (χ0n) is 22.6. The maximum absolute atomic E-state index is 11.2. The standard InChI is InChI=1S/C22H22O5.C9H13N/c1-13-16(7-8-23)19-12-15(25-2)5-6-17(19)18(13)9-14-10-20(26-3)22(24)21(11-14)27-4;1-7-4-5-9(10-3)6-8(7)2/h5-6,8-12,24H,7H2,1-4H3;4-6,10H,1-3H3/b18-9-;. The molecule has 2 N–H and O–H groups in total. The Labute approximate surface area is 219 Å². The number of hydrogen-bond donors (Lipinski definition) is 2. The van der Waals surface area contributed by atoms with E-state index in [0.717, 1.165) is 45.4 Å². The van der Waals surface area contributed by atoms with Crippen LogP contribution in [0.4, 0.5) is 5.69 Å². The first-order valence-corrected chi connectivity index (χ1v) is 12.0. The molecule has 1 aliphatic carbocycles. The molecule has 3 aromatic rings. The second kappa shape index (κ2) is 12.2. The molecule has 6 heteroatoms. The first-order chi connectivity index (χ1) is 17.8. The highest BCUT2D eigenvalue weighted by atomic mass is 16.5. The van der Waals surface area contributed by atoms with E-state index in [1.54, 1.807) is 19.2 Å². The number of hydrogen-bond acceptors (Lipinski definition) is 6. The number of nitrogens with one attached hydrogen (secondary N) is 1. The van der Waals surface area contributed by atoms with E-state index < -0.39 is 0 Å². The van der Waals surface area contributed by atoms with E-state index >= 15 is 0 Å². The molecule has 0 amide bonds. The van der Waals surface area contributed by atoms with Crippen LogP contribution in [0.3, 0.4) is 0 Å². The van der Waals surface area contributed by atoms with Gasteiger partial charge in [0.2, 0.25) is 5.75 Å². The van der Waals surface area contributed by atoms with Gasteiger partial charge >= 0.3 is 0 Å². The predicted octanol–water partition coefficient (Wildman–Crippen LogP) is 6.68. The molecule has 0 atom stereocenters. The Balaban J connectivity index is 0.000000319. The first-order valence-electron chi connectivity index (χ1n) is 12.0. The number of methoxy groups -OCH3 is 3. The summed E-state index contributed by atoms with van der Waals surface area (Å²) in [6.45, 7) is 6.25. The van der Waals surface area contributed by atoms with Crippen molar-refractivity contribution in [3.05, 3.63) is 81.9 Å². The fourth-order valence-corrected chi connectivity index (χ4v) is 4.29. The molecule has 0 radical (unpaired) electrons. The molecule has 0 aromatic heterocycles. The topological polar surface area (TPSA) is 77.0 Å². The van der Waals surface area contributed by atoms with Crippen molar-refractivity contribution in [2.45, 2.75) is 27.2 Å². The van der Waals surface area contributed by atoms with Gasteiger partial charge in [0.15, 0.2) is 11.5 Å². The number of ether oxygens (including phenoxy) is 3. The van der Waals surface area contributed by atoms with Gasteiger partial charge in [0.05, 0.1) is 21.3 Å². The number of benzene rings is 3. The maximum Gasteiger partial charge on any atom is 0.200 e. The van der Waals surface area contributed by atoms with Crippen LogP contribution >= 0.6 is 0 Å². The van der Waals surface area contributed by atoms with Crippen molar-refractivity contribution in [2.24, 2.45) is 0 Å². The zero-order chi connectivity index (χ0) is 27.1. The monoisotopic (exact) mass is 501 g/mol. The molecule has 0 fully saturated rings. The molecule has 1 aliphatic rings. The molecule has 0 saturated heterocycles. The quantitative estimate of drug-likeness (QED) is 0.352. The SMILES string of the molecule is CNc1ccc(C)c(C)c1.COc1ccc2c(c1)C(CC=O)=C(C)/C2=C/c1cc(OC)c(O)c(OC)c1. The highest BCUT2D eigenvalue weighted by Crippen LogP contribution is 2.45. The summed E-state index contributed by atoms with van der Waals surface area (Å²) in [5, 5.41) is 13.2. The van der Waals surface area contributed by atoms with E-state index in [2.05, 4.69) is 37.4 Å². The molecular weight excluding hydrogens is 466 g/mol. The Hall–Kier alpha value is -4.19. The van der Waals surface area contributed by atoms with E-state index in [4.69, 9.17) is 14.2 Å². The molecule has 0 aliphatic heterocycles. The van der Waals surface area contributed by atoms with Crippen molar-refractivity contribution in [2.75, 3.05) is 33.7 Å². The molecule has 3 aromatic carbocycles. The molecule has 0 heterocycles. The maximum atomic E-state index is 11.2. The summed E-state index contributed by atoms with van der Waals surface area (Å²) in [7, 11) is 6.55. The molecule has 0 unspecified atom stereocenters. The van der Waals surface area contributed by atoms with Crippen LogP contribution < -0.4 is 19.5 Å². The average Bonchev–Trinajstić information content (AvgIpc) is 3.16. The van der Waals surface area contributed by atoms with Crippen LogP contribution in [0.2, 0.25) is 0 Å². The van der Waals surface area contributed by atoms with Crippen molar-refractivity contribution in [1.82, 2.24) is 0 Å². The lowest BCUT2D eigenvalue weighted by Gasteiger charge is -2.11. The lowest BCUT2D eigenvalue weighted by Crippen LogP contribution is -1.91. The van der Waals surface area contributed by atoms with E-state index in [9.17, 15) is 9.90 Å². The van der Waals surface area contributed by atoms with Crippen molar-refractivity contribution < 1.29 is 24.1 Å². The van der Waals surface area contributed by atoms with Gasteiger partial charge in [-0.3, -0.25) is 0 Å². The summed E-state index contributed by atoms with van der Waals surface area (Å²) >= 11 is 0. The van der Waals surface area contributed by atoms with Crippen molar-refractivity contribution in [3.63, 3.8) is 0 Å². The second-order valence-electron chi connectivity index (χ2n) is 8.77. The summed E-state index contributed by atoms with van der Waals surface area (Å²) in [5.41, 5.74) is 9.77. The number of aldehydes is 1. The van der Waals surface area contributed by atoms with E-state index in [-0.39, 0.29) is 5.75 Å². The predicted molar refractivity (Wildman–Crippen MR) is 151 cm³/mol. The van der Waals surface area contributed by atoms with Gasteiger partial charge in [-0.15, -0.1) is 0 Å². The number of carbonyl (C=O) groups excluding carboxylic acids is 1. The van der Waals surface area contributed by atoms with Gasteiger partial charge in [0.1, 0.15) is 12.0 Å². The van der Waals surface area contributed by atoms with Gasteiger partial charge < -0.3 is 29.4 Å². The molecule has 194 valence electrons. The Kier molecular flexibility index (Phi) is 9.01. The fourth-order valence-electron chi connectivity index (χ4n) is 4.29. The highest BCUT2D eigenvalue weighted by molar-refractivity contribution is 6.07. The number of phenols is 1. The molecule has 0 spiro atoms. The minimum Gasteiger partial charge on any atom is -0.502 e. The number of rotatable bonds is 7. The lowest BCUT2D eigenvalue weighted by molar-refractivity contribution is -0.107. The third-order valence-electron chi connectivity index (χ3n) is 6.59. The van der Waals surface area contributed by atoms with Crippen LogP contribution in [-0.2, 0) is 4.79 Å². The summed E-state index contributed by atoms with van der Waals surface area (Å²) in [5.74, 6) is 1.39. The Morgan fingerprint density at radius 2 is 1.51 bits per heavy atom. The third kappa shape index (κ3) is 5.97. The third-order valence-corrected chi connectivity index (χ3v) is 6.59.